The lowest BCUT2D eigenvalue weighted by Crippen LogP contribution is -2.70. The summed E-state index contributed by atoms with van der Waals surface area (Å²) in [7, 11) is 0. The molecule has 3 aliphatic rings. The van der Waals surface area contributed by atoms with Crippen LogP contribution in [0, 0.1) is 5.82 Å². The summed E-state index contributed by atoms with van der Waals surface area (Å²) in [6.45, 7) is 0.973. The summed E-state index contributed by atoms with van der Waals surface area (Å²) in [4.78, 5) is 23.1. The average molecular weight is 370 g/mol. The third kappa shape index (κ3) is 2.38. The Labute approximate surface area is 152 Å². The van der Waals surface area contributed by atoms with Crippen molar-refractivity contribution in [3.8, 4) is 17.0 Å². The molecule has 6 rings (SSSR count). The maximum Gasteiger partial charge on any atom is 0.407 e. The van der Waals surface area contributed by atoms with Crippen molar-refractivity contribution in [2.75, 3.05) is 18.0 Å². The molecule has 5 heterocycles. The molecule has 9 heteroatoms. The summed E-state index contributed by atoms with van der Waals surface area (Å²) < 4.78 is 19.1. The summed E-state index contributed by atoms with van der Waals surface area (Å²) in [5, 5.41) is 19.4. The van der Waals surface area contributed by atoms with Crippen LogP contribution in [0.15, 0.2) is 34.9 Å². The van der Waals surface area contributed by atoms with Gasteiger partial charge in [0.1, 0.15) is 11.6 Å². The van der Waals surface area contributed by atoms with Crippen LogP contribution in [-0.2, 0) is 0 Å². The first-order valence-corrected chi connectivity index (χ1v) is 8.52. The maximum atomic E-state index is 13.2. The van der Waals surface area contributed by atoms with Crippen molar-refractivity contribution in [3.63, 3.8) is 0 Å². The number of nitrogens with zero attached hydrogens (tertiary/aromatic N) is 4. The number of carboxylic acid groups (broad SMARTS) is 1. The molecular formula is C18H15FN4O4. The van der Waals surface area contributed by atoms with Crippen molar-refractivity contribution in [1.82, 2.24) is 14.9 Å². The van der Waals surface area contributed by atoms with Crippen molar-refractivity contribution in [2.24, 2.45) is 0 Å². The molecule has 0 spiro atoms. The maximum absolute atomic E-state index is 13.2. The van der Waals surface area contributed by atoms with Crippen molar-refractivity contribution in [1.29, 1.82) is 0 Å². The zero-order valence-corrected chi connectivity index (χ0v) is 14.0. The zero-order valence-electron chi connectivity index (χ0n) is 14.0. The van der Waals surface area contributed by atoms with Gasteiger partial charge in [-0.05, 0) is 30.7 Å². The molecule has 138 valence electrons. The summed E-state index contributed by atoms with van der Waals surface area (Å²) in [5.74, 6) is -0.470. The van der Waals surface area contributed by atoms with Gasteiger partial charge in [0.2, 0.25) is 0 Å². The molecule has 1 amide bonds. The smallest absolute Gasteiger partial charge is 0.407 e. The SMILES string of the molecule is O=C(O)N1C2CC1CN(c1nc3c(O)ccc(-c4ccc(F)cn4)c3o1)C2. The van der Waals surface area contributed by atoms with Gasteiger partial charge >= 0.3 is 6.09 Å². The van der Waals surface area contributed by atoms with Gasteiger partial charge in [-0.1, -0.05) is 0 Å². The topological polar surface area (TPSA) is 103 Å². The van der Waals surface area contributed by atoms with E-state index in [1.54, 1.807) is 6.07 Å². The van der Waals surface area contributed by atoms with E-state index >= 15 is 0 Å². The number of pyridine rings is 1. The molecule has 0 aliphatic carbocycles. The number of hydrogen-bond acceptors (Lipinski definition) is 6. The number of phenols is 1. The van der Waals surface area contributed by atoms with Crippen molar-refractivity contribution in [2.45, 2.75) is 18.5 Å². The Morgan fingerprint density at radius 2 is 2.00 bits per heavy atom. The standard InChI is InChI=1S/C18H15FN4O4/c19-9-1-3-13(20-6-9)12-2-4-14(24)15-16(12)27-17(21-15)22-7-10-5-11(8-22)23(10)18(25)26/h1-4,6,10-11,24H,5,7-8H2,(H,25,26). The summed E-state index contributed by atoms with van der Waals surface area (Å²) >= 11 is 0. The molecule has 0 saturated carbocycles. The molecule has 0 radical (unpaired) electrons. The molecule has 2 aromatic heterocycles. The van der Waals surface area contributed by atoms with Gasteiger partial charge in [0.05, 0.1) is 24.0 Å². The van der Waals surface area contributed by atoms with Crippen molar-refractivity contribution >= 4 is 23.2 Å². The third-order valence-electron chi connectivity index (χ3n) is 5.20. The normalized spacial score (nSPS) is 21.4. The van der Waals surface area contributed by atoms with Crippen LogP contribution >= 0.6 is 0 Å². The highest BCUT2D eigenvalue weighted by atomic mass is 19.1. The first-order chi connectivity index (χ1) is 13.0. The van der Waals surface area contributed by atoms with E-state index in [1.165, 1.54) is 23.1 Å². The first-order valence-electron chi connectivity index (χ1n) is 8.52. The molecule has 2 N–H and O–H groups in total. The number of hydrogen-bond donors (Lipinski definition) is 2. The Bertz CT molecular complexity index is 1040. The monoisotopic (exact) mass is 370 g/mol. The van der Waals surface area contributed by atoms with Gasteiger partial charge in [0.15, 0.2) is 11.1 Å². The number of anilines is 1. The second-order valence-electron chi connectivity index (χ2n) is 6.81. The van der Waals surface area contributed by atoms with Crippen LogP contribution in [0.2, 0.25) is 0 Å². The number of oxazole rings is 1. The highest BCUT2D eigenvalue weighted by molar-refractivity contribution is 5.93. The number of halogens is 1. The Balaban J connectivity index is 1.52. The minimum absolute atomic E-state index is 0.0276. The fourth-order valence-corrected chi connectivity index (χ4v) is 3.93. The molecule has 3 saturated heterocycles. The lowest BCUT2D eigenvalue weighted by Gasteiger charge is -2.54. The van der Waals surface area contributed by atoms with E-state index in [9.17, 15) is 19.4 Å². The number of phenolic OH excluding ortho intramolecular Hbond substituents is 1. The molecule has 3 fully saturated rings. The number of amides is 1. The van der Waals surface area contributed by atoms with Crippen LogP contribution in [0.4, 0.5) is 15.2 Å². The molecule has 2 unspecified atom stereocenters. The second-order valence-corrected chi connectivity index (χ2v) is 6.81. The number of aromatic hydroxyl groups is 1. The minimum Gasteiger partial charge on any atom is -0.506 e. The Morgan fingerprint density at radius 1 is 1.22 bits per heavy atom. The number of fused-ring (bicyclic) bond motifs is 3. The lowest BCUT2D eigenvalue weighted by molar-refractivity contribution is 0.0101. The van der Waals surface area contributed by atoms with E-state index in [4.69, 9.17) is 4.42 Å². The van der Waals surface area contributed by atoms with E-state index < -0.39 is 11.9 Å². The van der Waals surface area contributed by atoms with E-state index in [0.29, 0.717) is 41.5 Å². The van der Waals surface area contributed by atoms with Crippen molar-refractivity contribution in [3.05, 3.63) is 36.3 Å². The predicted octanol–water partition coefficient (Wildman–Crippen LogP) is 2.68. The van der Waals surface area contributed by atoms with Gasteiger partial charge in [0, 0.05) is 18.7 Å². The first kappa shape index (κ1) is 15.9. The molecule has 2 atom stereocenters. The number of carbonyl (C=O) groups is 1. The Hall–Kier alpha value is -3.36. The van der Waals surface area contributed by atoms with E-state index in [1.807, 2.05) is 4.90 Å². The number of benzene rings is 1. The Kier molecular flexibility index (Phi) is 3.27. The van der Waals surface area contributed by atoms with Gasteiger partial charge in [-0.25, -0.2) is 9.18 Å². The molecule has 1 aromatic carbocycles. The summed E-state index contributed by atoms with van der Waals surface area (Å²) in [6, 6.07) is 6.14. The Morgan fingerprint density at radius 3 is 2.67 bits per heavy atom. The van der Waals surface area contributed by atoms with Crippen LogP contribution in [-0.4, -0.2) is 56.3 Å². The van der Waals surface area contributed by atoms with Crippen LogP contribution < -0.4 is 4.90 Å². The van der Waals surface area contributed by atoms with Gasteiger partial charge in [-0.2, -0.15) is 4.98 Å². The van der Waals surface area contributed by atoms with Gasteiger partial charge in [-0.15, -0.1) is 0 Å². The molecule has 2 bridgehead atoms. The number of rotatable bonds is 2. The van der Waals surface area contributed by atoms with Crippen LogP contribution in [0.3, 0.4) is 0 Å². The van der Waals surface area contributed by atoms with Gasteiger partial charge in [-0.3, -0.25) is 9.88 Å². The summed E-state index contributed by atoms with van der Waals surface area (Å²) in [6.07, 6.45) is 1.04. The van der Waals surface area contributed by atoms with Crippen LogP contribution in [0.5, 0.6) is 5.75 Å². The highest BCUT2D eigenvalue weighted by Crippen LogP contribution is 2.39. The fraction of sp³-hybridized carbons (Fsp3) is 0.278. The second kappa shape index (κ2) is 5.57. The molecule has 3 aliphatic heterocycles. The molecule has 8 nitrogen and oxygen atoms in total. The number of piperidine rings is 1. The average Bonchev–Trinajstić information content (AvgIpc) is 3.09. The van der Waals surface area contributed by atoms with Gasteiger partial charge in [0.25, 0.3) is 6.01 Å². The lowest BCUT2D eigenvalue weighted by atomic mass is 9.88. The summed E-state index contributed by atoms with van der Waals surface area (Å²) in [5.41, 5.74) is 1.75. The third-order valence-corrected chi connectivity index (χ3v) is 5.20. The fourth-order valence-electron chi connectivity index (χ4n) is 3.93. The van der Waals surface area contributed by atoms with E-state index in [-0.39, 0.29) is 17.8 Å². The molecule has 27 heavy (non-hydrogen) atoms. The molecular weight excluding hydrogens is 355 g/mol. The highest BCUT2D eigenvalue weighted by Gasteiger charge is 2.48. The van der Waals surface area contributed by atoms with Crippen LogP contribution in [0.1, 0.15) is 6.42 Å². The van der Waals surface area contributed by atoms with Gasteiger partial charge < -0.3 is 19.5 Å². The zero-order chi connectivity index (χ0) is 18.7. The number of piperazine rings is 1. The largest absolute Gasteiger partial charge is 0.506 e. The van der Waals surface area contributed by atoms with E-state index in [0.717, 1.165) is 12.6 Å². The minimum atomic E-state index is -0.907. The quantitative estimate of drug-likeness (QED) is 0.715. The number of aromatic nitrogens is 2. The van der Waals surface area contributed by atoms with Crippen molar-refractivity contribution < 1.29 is 23.8 Å². The predicted molar refractivity (Wildman–Crippen MR) is 93.1 cm³/mol. The molecule has 3 aromatic rings. The van der Waals surface area contributed by atoms with E-state index in [2.05, 4.69) is 9.97 Å². The van der Waals surface area contributed by atoms with Crippen LogP contribution in [0.25, 0.3) is 22.4 Å².